The van der Waals surface area contributed by atoms with Crippen LogP contribution >= 0.6 is 0 Å². The summed E-state index contributed by atoms with van der Waals surface area (Å²) in [4.78, 5) is 2.38. The Morgan fingerprint density at radius 1 is 1.10 bits per heavy atom. The number of methoxy groups -OCH3 is 1. The van der Waals surface area contributed by atoms with Crippen LogP contribution < -0.4 is 9.47 Å². The van der Waals surface area contributed by atoms with Gasteiger partial charge in [0.15, 0.2) is 11.5 Å². The predicted octanol–water partition coefficient (Wildman–Crippen LogP) is 2.69. The Bertz CT molecular complexity index is 397. The van der Waals surface area contributed by atoms with E-state index in [0.29, 0.717) is 24.4 Å². The van der Waals surface area contributed by atoms with E-state index in [0.717, 1.165) is 17.9 Å². The minimum absolute atomic E-state index is 0.00508. The molecular weight excluding hydrogens is 254 g/mol. The lowest BCUT2D eigenvalue weighted by Gasteiger charge is -2.30. The average Bonchev–Trinajstić information content (AvgIpc) is 2.42. The monoisotopic (exact) mass is 281 g/mol. The summed E-state index contributed by atoms with van der Waals surface area (Å²) in [7, 11) is 1.61. The highest BCUT2D eigenvalue weighted by Gasteiger charge is 2.13. The van der Waals surface area contributed by atoms with Crippen LogP contribution in [0.15, 0.2) is 18.2 Å². The minimum atomic E-state index is 0.00508. The van der Waals surface area contributed by atoms with Gasteiger partial charge in [0, 0.05) is 18.6 Å². The van der Waals surface area contributed by atoms with Crippen LogP contribution in [-0.2, 0) is 6.61 Å². The Hall–Kier alpha value is -1.26. The lowest BCUT2D eigenvalue weighted by atomic mass is 10.2. The van der Waals surface area contributed by atoms with Crippen LogP contribution in [0.25, 0.3) is 0 Å². The molecule has 1 aromatic carbocycles. The molecule has 4 heteroatoms. The van der Waals surface area contributed by atoms with Crippen molar-refractivity contribution in [3.63, 3.8) is 0 Å². The molecule has 0 saturated carbocycles. The Kier molecular flexibility index (Phi) is 6.82. The summed E-state index contributed by atoms with van der Waals surface area (Å²) in [5, 5.41) is 9.12. The summed E-state index contributed by atoms with van der Waals surface area (Å²) in [6.07, 6.45) is 0. The standard InChI is InChI=1S/C16H27NO3/c1-12(2)17(13(3)4)8-9-20-15-7-6-14(11-18)10-16(15)19-5/h6-7,10,12-13,18H,8-9,11H2,1-5H3. The van der Waals surface area contributed by atoms with Gasteiger partial charge in [0.1, 0.15) is 6.61 Å². The normalized spacial score (nSPS) is 11.4. The molecule has 1 aromatic rings. The third kappa shape index (κ3) is 4.69. The molecule has 0 aromatic heterocycles. The van der Waals surface area contributed by atoms with Gasteiger partial charge in [0.25, 0.3) is 0 Å². The van der Waals surface area contributed by atoms with Gasteiger partial charge in [-0.2, -0.15) is 0 Å². The van der Waals surface area contributed by atoms with E-state index < -0.39 is 0 Å². The van der Waals surface area contributed by atoms with Gasteiger partial charge in [0.05, 0.1) is 13.7 Å². The molecule has 0 saturated heterocycles. The van der Waals surface area contributed by atoms with E-state index in [-0.39, 0.29) is 6.61 Å². The zero-order chi connectivity index (χ0) is 15.1. The molecule has 0 atom stereocenters. The number of ether oxygens (including phenoxy) is 2. The second-order valence-electron chi connectivity index (χ2n) is 5.42. The van der Waals surface area contributed by atoms with Gasteiger partial charge in [-0.25, -0.2) is 0 Å². The lowest BCUT2D eigenvalue weighted by molar-refractivity contribution is 0.140. The number of nitrogens with zero attached hydrogens (tertiary/aromatic N) is 1. The SMILES string of the molecule is COc1cc(CO)ccc1OCCN(C(C)C)C(C)C. The molecule has 1 N–H and O–H groups in total. The first-order chi connectivity index (χ1) is 9.49. The maximum atomic E-state index is 9.12. The molecule has 0 aliphatic rings. The molecule has 0 spiro atoms. The van der Waals surface area contributed by atoms with E-state index in [9.17, 15) is 0 Å². The van der Waals surface area contributed by atoms with Crippen molar-refractivity contribution in [3.8, 4) is 11.5 Å². The molecule has 0 heterocycles. The summed E-state index contributed by atoms with van der Waals surface area (Å²) >= 11 is 0. The largest absolute Gasteiger partial charge is 0.493 e. The minimum Gasteiger partial charge on any atom is -0.493 e. The van der Waals surface area contributed by atoms with Crippen LogP contribution in [-0.4, -0.2) is 42.4 Å². The number of aliphatic hydroxyl groups is 1. The van der Waals surface area contributed by atoms with Gasteiger partial charge >= 0.3 is 0 Å². The van der Waals surface area contributed by atoms with Gasteiger partial charge in [-0.3, -0.25) is 4.90 Å². The summed E-state index contributed by atoms with van der Waals surface area (Å²) in [6, 6.07) is 6.49. The summed E-state index contributed by atoms with van der Waals surface area (Å²) < 4.78 is 11.1. The van der Waals surface area contributed by atoms with Crippen molar-refractivity contribution in [3.05, 3.63) is 23.8 Å². The molecule has 1 rings (SSSR count). The van der Waals surface area contributed by atoms with Gasteiger partial charge in [0.2, 0.25) is 0 Å². The highest BCUT2D eigenvalue weighted by molar-refractivity contribution is 5.42. The second kappa shape index (κ2) is 8.12. The predicted molar refractivity (Wildman–Crippen MR) is 81.4 cm³/mol. The van der Waals surface area contributed by atoms with Gasteiger partial charge in [-0.1, -0.05) is 6.07 Å². The quantitative estimate of drug-likeness (QED) is 0.795. The van der Waals surface area contributed by atoms with Gasteiger partial charge in [-0.05, 0) is 45.4 Å². The van der Waals surface area contributed by atoms with Crippen LogP contribution in [0.1, 0.15) is 33.3 Å². The van der Waals surface area contributed by atoms with Crippen LogP contribution in [0.2, 0.25) is 0 Å². The van der Waals surface area contributed by atoms with E-state index in [1.54, 1.807) is 13.2 Å². The van der Waals surface area contributed by atoms with E-state index in [2.05, 4.69) is 32.6 Å². The fraction of sp³-hybridized carbons (Fsp3) is 0.625. The van der Waals surface area contributed by atoms with Gasteiger partial charge in [-0.15, -0.1) is 0 Å². The highest BCUT2D eigenvalue weighted by atomic mass is 16.5. The zero-order valence-corrected chi connectivity index (χ0v) is 13.2. The van der Waals surface area contributed by atoms with Crippen molar-refractivity contribution in [2.75, 3.05) is 20.3 Å². The summed E-state index contributed by atoms with van der Waals surface area (Å²) in [5.74, 6) is 1.38. The number of hydrogen-bond donors (Lipinski definition) is 1. The van der Waals surface area contributed by atoms with Crippen molar-refractivity contribution >= 4 is 0 Å². The third-order valence-corrected chi connectivity index (χ3v) is 3.34. The van der Waals surface area contributed by atoms with E-state index in [1.165, 1.54) is 0 Å². The third-order valence-electron chi connectivity index (χ3n) is 3.34. The van der Waals surface area contributed by atoms with Gasteiger partial charge < -0.3 is 14.6 Å². The van der Waals surface area contributed by atoms with Crippen LogP contribution in [0.5, 0.6) is 11.5 Å². The Balaban J connectivity index is 2.61. The number of hydrogen-bond acceptors (Lipinski definition) is 4. The van der Waals surface area contributed by atoms with Crippen molar-refractivity contribution in [2.45, 2.75) is 46.4 Å². The van der Waals surface area contributed by atoms with Crippen LogP contribution in [0.3, 0.4) is 0 Å². The number of aliphatic hydroxyl groups excluding tert-OH is 1. The van der Waals surface area contributed by atoms with Crippen molar-refractivity contribution < 1.29 is 14.6 Å². The maximum absolute atomic E-state index is 9.12. The molecule has 20 heavy (non-hydrogen) atoms. The topological polar surface area (TPSA) is 41.9 Å². The molecular formula is C16H27NO3. The maximum Gasteiger partial charge on any atom is 0.161 e. The number of benzene rings is 1. The highest BCUT2D eigenvalue weighted by Crippen LogP contribution is 2.28. The molecule has 0 radical (unpaired) electrons. The van der Waals surface area contributed by atoms with Crippen LogP contribution in [0, 0.1) is 0 Å². The first kappa shape index (κ1) is 16.8. The summed E-state index contributed by atoms with van der Waals surface area (Å²) in [5.41, 5.74) is 0.820. The smallest absolute Gasteiger partial charge is 0.161 e. The van der Waals surface area contributed by atoms with E-state index >= 15 is 0 Å². The number of rotatable bonds is 8. The van der Waals surface area contributed by atoms with Crippen LogP contribution in [0.4, 0.5) is 0 Å². The molecule has 0 aliphatic heterocycles. The second-order valence-corrected chi connectivity index (χ2v) is 5.42. The summed E-state index contributed by atoms with van der Waals surface area (Å²) in [6.45, 7) is 10.3. The molecule has 0 unspecified atom stereocenters. The molecule has 0 bridgehead atoms. The Morgan fingerprint density at radius 2 is 1.75 bits per heavy atom. The first-order valence-corrected chi connectivity index (χ1v) is 7.16. The molecule has 0 aliphatic carbocycles. The van der Waals surface area contributed by atoms with E-state index in [4.69, 9.17) is 14.6 Å². The van der Waals surface area contributed by atoms with Crippen molar-refractivity contribution in [2.24, 2.45) is 0 Å². The zero-order valence-electron chi connectivity index (χ0n) is 13.2. The fourth-order valence-electron chi connectivity index (χ4n) is 2.30. The molecule has 4 nitrogen and oxygen atoms in total. The Morgan fingerprint density at radius 3 is 2.25 bits per heavy atom. The molecule has 0 amide bonds. The lowest BCUT2D eigenvalue weighted by Crippen LogP contribution is -2.39. The van der Waals surface area contributed by atoms with Crippen molar-refractivity contribution in [1.29, 1.82) is 0 Å². The van der Waals surface area contributed by atoms with E-state index in [1.807, 2.05) is 12.1 Å². The first-order valence-electron chi connectivity index (χ1n) is 7.16. The average molecular weight is 281 g/mol. The molecule has 114 valence electrons. The fourth-order valence-corrected chi connectivity index (χ4v) is 2.30. The van der Waals surface area contributed by atoms with Crippen molar-refractivity contribution in [1.82, 2.24) is 4.90 Å². The molecule has 0 fully saturated rings. The Labute approximate surface area is 122 Å².